The smallest absolute Gasteiger partial charge is 0.305 e. The SMILES string of the molecule is CC(=O)O[C@@H]1C=CCS(=O)O1. The van der Waals surface area contributed by atoms with Gasteiger partial charge in [0.15, 0.2) is 11.1 Å². The fourth-order valence-corrected chi connectivity index (χ4v) is 1.31. The molecule has 1 aliphatic rings. The minimum atomic E-state index is -1.35. The highest BCUT2D eigenvalue weighted by molar-refractivity contribution is 7.80. The fraction of sp³-hybridized carbons (Fsp3) is 0.500. The van der Waals surface area contributed by atoms with Gasteiger partial charge in [0.25, 0.3) is 0 Å². The normalized spacial score (nSPS) is 29.9. The molecule has 62 valence electrons. The molecule has 0 aromatic heterocycles. The number of carbonyl (C=O) groups is 1. The lowest BCUT2D eigenvalue weighted by atomic mass is 10.5. The molecule has 11 heavy (non-hydrogen) atoms. The van der Waals surface area contributed by atoms with Crippen molar-refractivity contribution >= 4 is 17.0 Å². The van der Waals surface area contributed by atoms with Crippen LogP contribution in [0.3, 0.4) is 0 Å². The largest absolute Gasteiger partial charge is 0.431 e. The predicted molar refractivity (Wildman–Crippen MR) is 38.8 cm³/mol. The van der Waals surface area contributed by atoms with Crippen LogP contribution < -0.4 is 0 Å². The van der Waals surface area contributed by atoms with E-state index in [0.29, 0.717) is 5.75 Å². The third-order valence-electron chi connectivity index (χ3n) is 1.01. The first-order valence-corrected chi connectivity index (χ1v) is 4.32. The second-order valence-electron chi connectivity index (χ2n) is 1.97. The molecule has 0 aliphatic carbocycles. The average Bonchev–Trinajstić information content (AvgIpc) is 1.85. The lowest BCUT2D eigenvalue weighted by Crippen LogP contribution is -2.22. The lowest BCUT2D eigenvalue weighted by Gasteiger charge is -2.15. The van der Waals surface area contributed by atoms with Crippen LogP contribution in [0.4, 0.5) is 0 Å². The Kier molecular flexibility index (Phi) is 2.78. The lowest BCUT2D eigenvalue weighted by molar-refractivity contribution is -0.154. The highest BCUT2D eigenvalue weighted by Gasteiger charge is 2.15. The van der Waals surface area contributed by atoms with Crippen LogP contribution in [0.1, 0.15) is 6.92 Å². The van der Waals surface area contributed by atoms with Crippen molar-refractivity contribution < 1.29 is 17.9 Å². The summed E-state index contributed by atoms with van der Waals surface area (Å²) < 4.78 is 20.1. The van der Waals surface area contributed by atoms with Gasteiger partial charge in [-0.05, 0) is 6.08 Å². The Labute approximate surface area is 66.8 Å². The summed E-state index contributed by atoms with van der Waals surface area (Å²) in [4.78, 5) is 10.4. The van der Waals surface area contributed by atoms with E-state index >= 15 is 0 Å². The Balaban J connectivity index is 2.46. The van der Waals surface area contributed by atoms with E-state index < -0.39 is 23.3 Å². The molecule has 0 saturated carbocycles. The fourth-order valence-electron chi connectivity index (χ4n) is 0.645. The topological polar surface area (TPSA) is 52.6 Å². The van der Waals surface area contributed by atoms with Crippen LogP contribution in [0.25, 0.3) is 0 Å². The maximum Gasteiger partial charge on any atom is 0.305 e. The Hall–Kier alpha value is -0.680. The molecule has 0 aromatic rings. The first-order valence-electron chi connectivity index (χ1n) is 3.08. The maximum atomic E-state index is 10.7. The van der Waals surface area contributed by atoms with Gasteiger partial charge in [-0.15, -0.1) is 0 Å². The zero-order valence-corrected chi connectivity index (χ0v) is 6.80. The Morgan fingerprint density at radius 3 is 3.09 bits per heavy atom. The van der Waals surface area contributed by atoms with Gasteiger partial charge in [-0.1, -0.05) is 6.08 Å². The molecule has 1 heterocycles. The van der Waals surface area contributed by atoms with Crippen LogP contribution >= 0.6 is 0 Å². The van der Waals surface area contributed by atoms with Crippen LogP contribution in [-0.4, -0.2) is 22.2 Å². The van der Waals surface area contributed by atoms with Gasteiger partial charge >= 0.3 is 5.97 Å². The molecular formula is C6H8O4S. The number of hydrogen-bond donors (Lipinski definition) is 0. The zero-order valence-electron chi connectivity index (χ0n) is 5.98. The average molecular weight is 176 g/mol. The molecular weight excluding hydrogens is 168 g/mol. The molecule has 4 nitrogen and oxygen atoms in total. The Bertz CT molecular complexity index is 211. The van der Waals surface area contributed by atoms with E-state index in [1.165, 1.54) is 6.92 Å². The van der Waals surface area contributed by atoms with Crippen molar-refractivity contribution in [2.75, 3.05) is 5.75 Å². The number of ether oxygens (including phenoxy) is 1. The highest BCUT2D eigenvalue weighted by Crippen LogP contribution is 2.06. The van der Waals surface area contributed by atoms with Crippen molar-refractivity contribution in [1.82, 2.24) is 0 Å². The molecule has 0 saturated heterocycles. The van der Waals surface area contributed by atoms with E-state index in [9.17, 15) is 9.00 Å². The van der Waals surface area contributed by atoms with Crippen LogP contribution in [0.2, 0.25) is 0 Å². The first-order chi connectivity index (χ1) is 5.18. The molecule has 2 atom stereocenters. The second-order valence-corrected chi connectivity index (χ2v) is 3.11. The maximum absolute atomic E-state index is 10.7. The molecule has 0 bridgehead atoms. The Morgan fingerprint density at radius 1 is 1.82 bits per heavy atom. The Morgan fingerprint density at radius 2 is 2.55 bits per heavy atom. The standard InChI is InChI=1S/C6H8O4S/c1-5(7)9-6-3-2-4-11(8)10-6/h2-3,6H,4H2,1H3/t6-,11?/m0/s1. The molecule has 1 unspecified atom stereocenters. The molecule has 0 radical (unpaired) electrons. The summed E-state index contributed by atoms with van der Waals surface area (Å²) >= 11 is -1.35. The van der Waals surface area contributed by atoms with E-state index in [4.69, 9.17) is 4.18 Å². The first kappa shape index (κ1) is 8.42. The van der Waals surface area contributed by atoms with Gasteiger partial charge in [0, 0.05) is 6.92 Å². The summed E-state index contributed by atoms with van der Waals surface area (Å²) in [6.45, 7) is 1.27. The van der Waals surface area contributed by atoms with Crippen LogP contribution in [0, 0.1) is 0 Å². The van der Waals surface area contributed by atoms with Gasteiger partial charge < -0.3 is 4.74 Å². The van der Waals surface area contributed by atoms with E-state index in [1.54, 1.807) is 12.2 Å². The third-order valence-corrected chi connectivity index (χ3v) is 1.88. The number of carbonyl (C=O) groups excluding carboxylic acids is 1. The van der Waals surface area contributed by atoms with Crippen LogP contribution in [0.15, 0.2) is 12.2 Å². The second kappa shape index (κ2) is 3.64. The molecule has 1 aliphatic heterocycles. The molecule has 1 rings (SSSR count). The van der Waals surface area contributed by atoms with Gasteiger partial charge in [-0.2, -0.15) is 0 Å². The molecule has 0 fully saturated rings. The van der Waals surface area contributed by atoms with Gasteiger partial charge in [-0.3, -0.25) is 4.79 Å². The van der Waals surface area contributed by atoms with Crippen molar-refractivity contribution in [2.24, 2.45) is 0 Å². The van der Waals surface area contributed by atoms with E-state index in [2.05, 4.69) is 4.74 Å². The third kappa shape index (κ3) is 2.81. The zero-order chi connectivity index (χ0) is 8.27. The van der Waals surface area contributed by atoms with Crippen molar-refractivity contribution in [3.8, 4) is 0 Å². The van der Waals surface area contributed by atoms with Crippen LogP contribution in [-0.2, 0) is 24.8 Å². The summed E-state index contributed by atoms with van der Waals surface area (Å²) in [6.07, 6.45) is 2.44. The minimum Gasteiger partial charge on any atom is -0.431 e. The molecule has 0 aromatic carbocycles. The number of esters is 1. The van der Waals surface area contributed by atoms with E-state index in [-0.39, 0.29) is 0 Å². The van der Waals surface area contributed by atoms with Gasteiger partial charge in [0.1, 0.15) is 0 Å². The van der Waals surface area contributed by atoms with Gasteiger partial charge in [-0.25, -0.2) is 8.39 Å². The summed E-state index contributed by atoms with van der Waals surface area (Å²) in [5.41, 5.74) is 0. The monoisotopic (exact) mass is 176 g/mol. The van der Waals surface area contributed by atoms with Gasteiger partial charge in [0.2, 0.25) is 6.29 Å². The summed E-state index contributed by atoms with van der Waals surface area (Å²) in [6, 6.07) is 0. The predicted octanol–water partition coefficient (Wildman–Crippen LogP) is 0.126. The van der Waals surface area contributed by atoms with E-state index in [0.717, 1.165) is 0 Å². The minimum absolute atomic E-state index is 0.359. The van der Waals surface area contributed by atoms with Crippen molar-refractivity contribution in [1.29, 1.82) is 0 Å². The van der Waals surface area contributed by atoms with Crippen molar-refractivity contribution in [3.05, 3.63) is 12.2 Å². The summed E-state index contributed by atoms with van der Waals surface area (Å²) in [5.74, 6) is -0.0869. The molecule has 0 spiro atoms. The van der Waals surface area contributed by atoms with Crippen molar-refractivity contribution in [2.45, 2.75) is 13.2 Å². The number of hydrogen-bond acceptors (Lipinski definition) is 4. The van der Waals surface area contributed by atoms with E-state index in [1.807, 2.05) is 0 Å². The number of rotatable bonds is 1. The highest BCUT2D eigenvalue weighted by atomic mass is 32.2. The van der Waals surface area contributed by atoms with Gasteiger partial charge in [0.05, 0.1) is 5.75 Å². The quantitative estimate of drug-likeness (QED) is 0.421. The van der Waals surface area contributed by atoms with Crippen molar-refractivity contribution in [3.63, 3.8) is 0 Å². The summed E-state index contributed by atoms with van der Waals surface area (Å²) in [7, 11) is 0. The molecule has 0 amide bonds. The van der Waals surface area contributed by atoms with Crippen LogP contribution in [0.5, 0.6) is 0 Å². The molecule has 5 heteroatoms. The summed E-state index contributed by atoms with van der Waals surface area (Å²) in [5, 5.41) is 0. The molecule has 0 N–H and O–H groups in total.